The highest BCUT2D eigenvalue weighted by Gasteiger charge is 2.19. The summed E-state index contributed by atoms with van der Waals surface area (Å²) in [6.45, 7) is 1.95. The van der Waals surface area contributed by atoms with Crippen LogP contribution in [0.4, 0.5) is 10.5 Å². The fraction of sp³-hybridized carbons (Fsp3) is 0.462. The summed E-state index contributed by atoms with van der Waals surface area (Å²) < 4.78 is 5.17. The number of benzene rings is 1. The van der Waals surface area contributed by atoms with Crippen molar-refractivity contribution < 1.29 is 9.53 Å². The van der Waals surface area contributed by atoms with Crippen molar-refractivity contribution in [3.8, 4) is 5.75 Å². The Labute approximate surface area is 101 Å². The van der Waals surface area contributed by atoms with Crippen LogP contribution in [0.25, 0.3) is 0 Å². The van der Waals surface area contributed by atoms with E-state index in [2.05, 4.69) is 10.6 Å². The number of methoxy groups -OCH3 is 1. The van der Waals surface area contributed by atoms with Crippen LogP contribution in [0.3, 0.4) is 0 Å². The van der Waals surface area contributed by atoms with Crippen molar-refractivity contribution in [2.24, 2.45) is 0 Å². The third kappa shape index (κ3) is 2.90. The highest BCUT2D eigenvalue weighted by Crippen LogP contribution is 2.22. The number of rotatable bonds is 3. The molecule has 92 valence electrons. The molecule has 1 aromatic rings. The smallest absolute Gasteiger partial charge is 0.319 e. The second-order valence-corrected chi connectivity index (χ2v) is 4.41. The van der Waals surface area contributed by atoms with E-state index in [1.54, 1.807) is 7.11 Å². The minimum Gasteiger partial charge on any atom is -0.496 e. The first-order valence-corrected chi connectivity index (χ1v) is 5.91. The Bertz CT molecular complexity index is 414. The number of hydrogen-bond donors (Lipinski definition) is 2. The van der Waals surface area contributed by atoms with Crippen LogP contribution in [0.1, 0.15) is 24.8 Å². The molecule has 0 unspecified atom stereocenters. The van der Waals surface area contributed by atoms with Gasteiger partial charge in [-0.2, -0.15) is 0 Å². The maximum Gasteiger partial charge on any atom is 0.319 e. The van der Waals surface area contributed by atoms with E-state index in [0.29, 0.717) is 6.04 Å². The quantitative estimate of drug-likeness (QED) is 0.844. The molecule has 0 bridgehead atoms. The Hall–Kier alpha value is -1.71. The number of nitrogens with one attached hydrogen (secondary N) is 2. The van der Waals surface area contributed by atoms with Gasteiger partial charge < -0.3 is 15.4 Å². The molecule has 0 heterocycles. The predicted octanol–water partition coefficient (Wildman–Crippen LogP) is 2.68. The Balaban J connectivity index is 1.93. The van der Waals surface area contributed by atoms with Gasteiger partial charge in [-0.25, -0.2) is 4.79 Å². The van der Waals surface area contributed by atoms with Crippen molar-refractivity contribution in [1.29, 1.82) is 0 Å². The average Bonchev–Trinajstić information content (AvgIpc) is 2.24. The van der Waals surface area contributed by atoms with E-state index in [4.69, 9.17) is 4.74 Å². The zero-order valence-electron chi connectivity index (χ0n) is 10.2. The molecule has 1 aliphatic rings. The molecule has 4 nitrogen and oxygen atoms in total. The zero-order chi connectivity index (χ0) is 12.3. The monoisotopic (exact) mass is 234 g/mol. The van der Waals surface area contributed by atoms with Crippen LogP contribution >= 0.6 is 0 Å². The summed E-state index contributed by atoms with van der Waals surface area (Å²) in [5.74, 6) is 0.829. The van der Waals surface area contributed by atoms with Gasteiger partial charge in [0.05, 0.1) is 7.11 Å². The molecule has 0 aliphatic heterocycles. The topological polar surface area (TPSA) is 50.4 Å². The summed E-state index contributed by atoms with van der Waals surface area (Å²) >= 11 is 0. The van der Waals surface area contributed by atoms with Crippen molar-refractivity contribution in [1.82, 2.24) is 5.32 Å². The number of ether oxygens (including phenoxy) is 1. The molecule has 4 heteroatoms. The summed E-state index contributed by atoms with van der Waals surface area (Å²) in [6.07, 6.45) is 3.40. The summed E-state index contributed by atoms with van der Waals surface area (Å²) in [6, 6.07) is 5.83. The molecule has 2 N–H and O–H groups in total. The van der Waals surface area contributed by atoms with Crippen LogP contribution in [0, 0.1) is 6.92 Å². The van der Waals surface area contributed by atoms with E-state index in [9.17, 15) is 4.79 Å². The fourth-order valence-corrected chi connectivity index (χ4v) is 1.86. The Kier molecular flexibility index (Phi) is 3.52. The van der Waals surface area contributed by atoms with Gasteiger partial charge >= 0.3 is 6.03 Å². The van der Waals surface area contributed by atoms with Crippen molar-refractivity contribution in [2.45, 2.75) is 32.2 Å². The highest BCUT2D eigenvalue weighted by atomic mass is 16.5. The molecule has 1 aromatic carbocycles. The van der Waals surface area contributed by atoms with Crippen LogP contribution in [-0.4, -0.2) is 19.2 Å². The number of hydrogen-bond acceptors (Lipinski definition) is 2. The highest BCUT2D eigenvalue weighted by molar-refractivity contribution is 5.89. The second kappa shape index (κ2) is 5.08. The molecule has 0 aromatic heterocycles. The number of carbonyl (C=O) groups excluding carboxylic acids is 1. The molecule has 1 saturated carbocycles. The first-order valence-electron chi connectivity index (χ1n) is 5.91. The summed E-state index contributed by atoms with van der Waals surface area (Å²) in [5.41, 5.74) is 1.80. The van der Waals surface area contributed by atoms with E-state index in [1.807, 2.05) is 25.1 Å². The van der Waals surface area contributed by atoms with Crippen molar-refractivity contribution in [3.05, 3.63) is 23.8 Å². The zero-order valence-corrected chi connectivity index (χ0v) is 10.2. The number of amides is 2. The van der Waals surface area contributed by atoms with E-state index in [0.717, 1.165) is 29.8 Å². The van der Waals surface area contributed by atoms with Gasteiger partial charge in [-0.1, -0.05) is 0 Å². The van der Waals surface area contributed by atoms with Gasteiger partial charge in [0.25, 0.3) is 0 Å². The van der Waals surface area contributed by atoms with Gasteiger partial charge in [-0.3, -0.25) is 0 Å². The van der Waals surface area contributed by atoms with Crippen LogP contribution in [0.5, 0.6) is 5.75 Å². The lowest BCUT2D eigenvalue weighted by Crippen LogP contribution is -2.41. The molecule has 2 rings (SSSR count). The molecule has 0 spiro atoms. The maximum absolute atomic E-state index is 11.6. The van der Waals surface area contributed by atoms with E-state index >= 15 is 0 Å². The molecule has 0 atom stereocenters. The molecule has 0 saturated heterocycles. The van der Waals surface area contributed by atoms with Crippen molar-refractivity contribution >= 4 is 11.7 Å². The SMILES string of the molecule is COc1ccc(NC(=O)NC2CCC2)cc1C. The van der Waals surface area contributed by atoms with Crippen LogP contribution in [-0.2, 0) is 0 Å². The Morgan fingerprint density at radius 1 is 1.41 bits per heavy atom. The summed E-state index contributed by atoms with van der Waals surface area (Å²) in [7, 11) is 1.64. The number of aryl methyl sites for hydroxylation is 1. The average molecular weight is 234 g/mol. The lowest BCUT2D eigenvalue weighted by Gasteiger charge is -2.26. The Morgan fingerprint density at radius 3 is 2.71 bits per heavy atom. The Morgan fingerprint density at radius 2 is 2.18 bits per heavy atom. The predicted molar refractivity (Wildman–Crippen MR) is 67.5 cm³/mol. The van der Waals surface area contributed by atoms with Gasteiger partial charge in [0.2, 0.25) is 0 Å². The molecular formula is C13H18N2O2. The van der Waals surface area contributed by atoms with E-state index < -0.39 is 0 Å². The fourth-order valence-electron chi connectivity index (χ4n) is 1.86. The summed E-state index contributed by atoms with van der Waals surface area (Å²) in [5, 5.41) is 5.76. The minimum atomic E-state index is -0.126. The van der Waals surface area contributed by atoms with Crippen molar-refractivity contribution in [3.63, 3.8) is 0 Å². The lowest BCUT2D eigenvalue weighted by molar-refractivity contribution is 0.240. The number of urea groups is 1. The third-order valence-corrected chi connectivity index (χ3v) is 3.09. The van der Waals surface area contributed by atoms with Gasteiger partial charge in [-0.05, 0) is 49.9 Å². The van der Waals surface area contributed by atoms with Crippen molar-refractivity contribution in [2.75, 3.05) is 12.4 Å². The first kappa shape index (κ1) is 11.8. The van der Waals surface area contributed by atoms with Crippen LogP contribution in [0.2, 0.25) is 0 Å². The molecule has 2 amide bonds. The van der Waals surface area contributed by atoms with Crippen LogP contribution in [0.15, 0.2) is 18.2 Å². The second-order valence-electron chi connectivity index (χ2n) is 4.41. The van der Waals surface area contributed by atoms with E-state index in [1.165, 1.54) is 6.42 Å². The first-order chi connectivity index (χ1) is 8.19. The largest absolute Gasteiger partial charge is 0.496 e. The maximum atomic E-state index is 11.6. The molecule has 1 aliphatic carbocycles. The third-order valence-electron chi connectivity index (χ3n) is 3.09. The summed E-state index contributed by atoms with van der Waals surface area (Å²) in [4.78, 5) is 11.6. The number of carbonyl (C=O) groups is 1. The van der Waals surface area contributed by atoms with E-state index in [-0.39, 0.29) is 6.03 Å². The van der Waals surface area contributed by atoms with Gasteiger partial charge in [0.15, 0.2) is 0 Å². The van der Waals surface area contributed by atoms with Gasteiger partial charge in [-0.15, -0.1) is 0 Å². The lowest BCUT2D eigenvalue weighted by atomic mass is 9.93. The standard InChI is InChI=1S/C13H18N2O2/c1-9-8-11(6-7-12(9)17-2)15-13(16)14-10-4-3-5-10/h6-8,10H,3-5H2,1-2H3,(H2,14,15,16). The normalized spacial score (nSPS) is 14.9. The number of anilines is 1. The van der Waals surface area contributed by atoms with Gasteiger partial charge in [0.1, 0.15) is 5.75 Å². The molecule has 17 heavy (non-hydrogen) atoms. The molecule has 1 fully saturated rings. The molecular weight excluding hydrogens is 216 g/mol. The van der Waals surface area contributed by atoms with Crippen LogP contribution < -0.4 is 15.4 Å². The van der Waals surface area contributed by atoms with Gasteiger partial charge in [0, 0.05) is 11.7 Å². The minimum absolute atomic E-state index is 0.126. The molecule has 0 radical (unpaired) electrons.